The summed E-state index contributed by atoms with van der Waals surface area (Å²) in [5.74, 6) is 0.681. The van der Waals surface area contributed by atoms with E-state index < -0.39 is 0 Å². The lowest BCUT2D eigenvalue weighted by atomic mass is 9.97. The molecule has 1 aliphatic rings. The Morgan fingerprint density at radius 2 is 1.95 bits per heavy atom. The predicted molar refractivity (Wildman–Crippen MR) is 79.9 cm³/mol. The summed E-state index contributed by atoms with van der Waals surface area (Å²) in [4.78, 5) is 4.41. The molecule has 2 N–H and O–H groups in total. The van der Waals surface area contributed by atoms with Gasteiger partial charge in [0.15, 0.2) is 0 Å². The van der Waals surface area contributed by atoms with Crippen LogP contribution in [0.15, 0.2) is 36.5 Å². The van der Waals surface area contributed by atoms with Gasteiger partial charge in [0.2, 0.25) is 0 Å². The van der Waals surface area contributed by atoms with Crippen molar-refractivity contribution in [2.75, 3.05) is 5.73 Å². The van der Waals surface area contributed by atoms with Crippen LogP contribution in [-0.2, 0) is 12.8 Å². The normalized spacial score (nSPS) is 14.4. The lowest BCUT2D eigenvalue weighted by molar-refractivity contribution is 0.654. The number of hydrogen-bond acceptors (Lipinski definition) is 3. The Bertz CT molecular complexity index is 783. The lowest BCUT2D eigenvalue weighted by Gasteiger charge is -2.14. The number of benzene rings is 1. The maximum absolute atomic E-state index is 6.10. The maximum Gasteiger partial charge on any atom is 0.149 e. The molecule has 4 heteroatoms. The van der Waals surface area contributed by atoms with E-state index in [-0.39, 0.29) is 0 Å². The summed E-state index contributed by atoms with van der Waals surface area (Å²) >= 11 is 0. The average molecular weight is 264 g/mol. The van der Waals surface area contributed by atoms with E-state index in [2.05, 4.69) is 22.2 Å². The smallest absolute Gasteiger partial charge is 0.149 e. The van der Waals surface area contributed by atoms with E-state index in [0.717, 1.165) is 29.4 Å². The van der Waals surface area contributed by atoms with Crippen LogP contribution in [0.1, 0.15) is 24.1 Å². The van der Waals surface area contributed by atoms with E-state index >= 15 is 0 Å². The van der Waals surface area contributed by atoms with Gasteiger partial charge in [-0.3, -0.25) is 4.98 Å². The molecule has 0 fully saturated rings. The summed E-state index contributed by atoms with van der Waals surface area (Å²) < 4.78 is 2.02. The van der Waals surface area contributed by atoms with Gasteiger partial charge in [0, 0.05) is 22.8 Å². The second kappa shape index (κ2) is 4.34. The molecule has 4 rings (SSSR count). The highest BCUT2D eigenvalue weighted by Gasteiger charge is 2.20. The number of rotatable bonds is 1. The molecule has 20 heavy (non-hydrogen) atoms. The molecule has 0 atom stereocenters. The molecule has 0 radical (unpaired) electrons. The first-order chi connectivity index (χ1) is 9.84. The summed E-state index contributed by atoms with van der Waals surface area (Å²) in [5.41, 5.74) is 10.7. The van der Waals surface area contributed by atoms with Crippen LogP contribution in [0.4, 0.5) is 5.82 Å². The summed E-state index contributed by atoms with van der Waals surface area (Å²) in [6.45, 7) is 0. The first-order valence-electron chi connectivity index (χ1n) is 7.05. The Balaban J connectivity index is 2.00. The number of aromatic nitrogens is 3. The highest BCUT2D eigenvalue weighted by molar-refractivity contribution is 5.87. The molecule has 3 aromatic rings. The van der Waals surface area contributed by atoms with Gasteiger partial charge in [0.25, 0.3) is 0 Å². The first-order valence-corrected chi connectivity index (χ1v) is 7.05. The molecule has 1 aliphatic carbocycles. The van der Waals surface area contributed by atoms with Crippen molar-refractivity contribution in [1.82, 2.24) is 14.8 Å². The number of nitrogens with two attached hydrogens (primary N) is 1. The molecular formula is C16H16N4. The molecule has 2 heterocycles. The van der Waals surface area contributed by atoms with Gasteiger partial charge < -0.3 is 5.73 Å². The summed E-state index contributed by atoms with van der Waals surface area (Å²) in [6, 6.07) is 10.2. The largest absolute Gasteiger partial charge is 0.382 e. The van der Waals surface area contributed by atoms with E-state index in [1.807, 2.05) is 29.1 Å². The number of hydrogen-bond donors (Lipinski definition) is 1. The van der Waals surface area contributed by atoms with Crippen LogP contribution >= 0.6 is 0 Å². The van der Waals surface area contributed by atoms with E-state index in [9.17, 15) is 0 Å². The Kier molecular flexibility index (Phi) is 2.49. The Morgan fingerprint density at radius 3 is 2.90 bits per heavy atom. The fourth-order valence-corrected chi connectivity index (χ4v) is 3.10. The zero-order valence-corrected chi connectivity index (χ0v) is 11.2. The Hall–Kier alpha value is -2.36. The SMILES string of the molecule is Nc1nn(-c2cccc3ncccc23)c2c1CCCC2. The molecular weight excluding hydrogens is 248 g/mol. The summed E-state index contributed by atoms with van der Waals surface area (Å²) in [5, 5.41) is 5.70. The molecule has 1 aromatic carbocycles. The zero-order chi connectivity index (χ0) is 13.5. The number of nitrogen functional groups attached to an aromatic ring is 1. The standard InChI is InChI=1S/C16H16N4/c17-16-12-5-1-2-8-15(12)20(19-16)14-9-3-7-13-11(14)6-4-10-18-13/h3-4,6-7,9-10H,1-2,5,8H2,(H2,17,19). The van der Waals surface area contributed by atoms with Gasteiger partial charge in [0.05, 0.1) is 11.2 Å². The van der Waals surface area contributed by atoms with Crippen molar-refractivity contribution in [1.29, 1.82) is 0 Å². The van der Waals surface area contributed by atoms with Gasteiger partial charge in [-0.1, -0.05) is 6.07 Å². The number of fused-ring (bicyclic) bond motifs is 2. The van der Waals surface area contributed by atoms with Gasteiger partial charge in [-0.25, -0.2) is 4.68 Å². The summed E-state index contributed by atoms with van der Waals surface area (Å²) in [7, 11) is 0. The zero-order valence-electron chi connectivity index (χ0n) is 11.2. The number of anilines is 1. The van der Waals surface area contributed by atoms with Gasteiger partial charge in [0.1, 0.15) is 5.82 Å². The van der Waals surface area contributed by atoms with Crippen molar-refractivity contribution in [2.45, 2.75) is 25.7 Å². The predicted octanol–water partition coefficient (Wildman–Crippen LogP) is 2.88. The van der Waals surface area contributed by atoms with Crippen molar-refractivity contribution in [3.05, 3.63) is 47.8 Å². The molecule has 4 nitrogen and oxygen atoms in total. The lowest BCUT2D eigenvalue weighted by Crippen LogP contribution is -2.08. The monoisotopic (exact) mass is 264 g/mol. The Labute approximate surface area is 117 Å². The van der Waals surface area contributed by atoms with Crippen molar-refractivity contribution in [3.8, 4) is 5.69 Å². The van der Waals surface area contributed by atoms with E-state index in [1.165, 1.54) is 24.1 Å². The molecule has 0 spiro atoms. The van der Waals surface area contributed by atoms with Gasteiger partial charge in [-0.2, -0.15) is 5.10 Å². The topological polar surface area (TPSA) is 56.7 Å². The van der Waals surface area contributed by atoms with Gasteiger partial charge >= 0.3 is 0 Å². The van der Waals surface area contributed by atoms with Gasteiger partial charge in [-0.15, -0.1) is 0 Å². The average Bonchev–Trinajstić information content (AvgIpc) is 2.84. The third kappa shape index (κ3) is 1.61. The molecule has 0 amide bonds. The van der Waals surface area contributed by atoms with E-state index in [0.29, 0.717) is 5.82 Å². The van der Waals surface area contributed by atoms with Crippen LogP contribution in [0.5, 0.6) is 0 Å². The van der Waals surface area contributed by atoms with Crippen LogP contribution in [0, 0.1) is 0 Å². The van der Waals surface area contributed by atoms with Crippen LogP contribution < -0.4 is 5.73 Å². The van der Waals surface area contributed by atoms with Crippen molar-refractivity contribution in [2.24, 2.45) is 0 Å². The van der Waals surface area contributed by atoms with E-state index in [4.69, 9.17) is 5.73 Å². The van der Waals surface area contributed by atoms with Crippen LogP contribution in [0.3, 0.4) is 0 Å². The molecule has 0 unspecified atom stereocenters. The quantitative estimate of drug-likeness (QED) is 0.735. The minimum atomic E-state index is 0.681. The molecule has 0 saturated heterocycles. The van der Waals surface area contributed by atoms with Crippen molar-refractivity contribution >= 4 is 16.7 Å². The molecule has 0 aliphatic heterocycles. The van der Waals surface area contributed by atoms with Crippen molar-refractivity contribution in [3.63, 3.8) is 0 Å². The molecule has 100 valence electrons. The van der Waals surface area contributed by atoms with Crippen LogP contribution in [0.2, 0.25) is 0 Å². The van der Waals surface area contributed by atoms with Crippen molar-refractivity contribution < 1.29 is 0 Å². The minimum Gasteiger partial charge on any atom is -0.382 e. The second-order valence-corrected chi connectivity index (χ2v) is 5.28. The minimum absolute atomic E-state index is 0.681. The fraction of sp³-hybridized carbons (Fsp3) is 0.250. The fourth-order valence-electron chi connectivity index (χ4n) is 3.10. The van der Waals surface area contributed by atoms with Crippen LogP contribution in [-0.4, -0.2) is 14.8 Å². The third-order valence-electron chi connectivity index (χ3n) is 4.06. The number of pyridine rings is 1. The molecule has 0 saturated carbocycles. The third-order valence-corrected chi connectivity index (χ3v) is 4.06. The second-order valence-electron chi connectivity index (χ2n) is 5.28. The molecule has 0 bridgehead atoms. The first kappa shape index (κ1) is 11.5. The van der Waals surface area contributed by atoms with E-state index in [1.54, 1.807) is 0 Å². The maximum atomic E-state index is 6.10. The summed E-state index contributed by atoms with van der Waals surface area (Å²) in [6.07, 6.45) is 6.33. The van der Waals surface area contributed by atoms with Crippen LogP contribution in [0.25, 0.3) is 16.6 Å². The Morgan fingerprint density at radius 1 is 1.05 bits per heavy atom. The number of nitrogens with zero attached hydrogens (tertiary/aromatic N) is 3. The van der Waals surface area contributed by atoms with Gasteiger partial charge in [-0.05, 0) is 49.9 Å². The molecule has 2 aromatic heterocycles. The highest BCUT2D eigenvalue weighted by Crippen LogP contribution is 2.30. The highest BCUT2D eigenvalue weighted by atomic mass is 15.3.